The fraction of sp³-hybridized carbons (Fsp3) is 0.333. The molecule has 168 valence electrons. The van der Waals surface area contributed by atoms with Crippen LogP contribution in [0.5, 0.6) is 0 Å². The average molecular weight is 426 g/mol. The molecule has 0 unspecified atom stereocenters. The van der Waals surface area contributed by atoms with Crippen molar-refractivity contribution in [3.63, 3.8) is 0 Å². The molecule has 12 nitrogen and oxygen atoms in total. The van der Waals surface area contributed by atoms with E-state index in [1.165, 1.54) is 33.4 Å². The van der Waals surface area contributed by atoms with Gasteiger partial charge in [-0.1, -0.05) is 12.1 Å². The van der Waals surface area contributed by atoms with Gasteiger partial charge in [0.15, 0.2) is 0 Å². The number of rotatable bonds is 6. The van der Waals surface area contributed by atoms with Crippen LogP contribution in [0.1, 0.15) is 22.3 Å². The van der Waals surface area contributed by atoms with E-state index >= 15 is 0 Å². The molecule has 0 aromatic heterocycles. The first kappa shape index (κ1) is 25.7. The summed E-state index contributed by atoms with van der Waals surface area (Å²) in [6, 6.07) is 3.08. The zero-order chi connectivity index (χ0) is 23.3. The first-order valence-electron chi connectivity index (χ1n) is 8.65. The molecule has 0 spiro atoms. The molecule has 0 bridgehead atoms. The molecule has 0 amide bonds. The van der Waals surface area contributed by atoms with Crippen molar-refractivity contribution < 1.29 is 30.1 Å². The Labute approximate surface area is 174 Å². The van der Waals surface area contributed by atoms with Crippen LogP contribution in [0.2, 0.25) is 0 Å². The van der Waals surface area contributed by atoms with Gasteiger partial charge in [0.2, 0.25) is 0 Å². The molecule has 12 heteroatoms. The summed E-state index contributed by atoms with van der Waals surface area (Å²) in [6.07, 6.45) is 0. The van der Waals surface area contributed by atoms with E-state index in [9.17, 15) is 0 Å². The summed E-state index contributed by atoms with van der Waals surface area (Å²) in [4.78, 5) is 14.4. The Kier molecular flexibility index (Phi) is 8.64. The minimum atomic E-state index is -2.47. The minimum absolute atomic E-state index is 0.790. The van der Waals surface area contributed by atoms with Crippen LogP contribution >= 0.6 is 0 Å². The number of nitrogens with two attached hydrogens (primary N) is 6. The highest BCUT2D eigenvalue weighted by atomic mass is 17.3. The molecule has 0 radical (unpaired) electrons. The van der Waals surface area contributed by atoms with Crippen molar-refractivity contribution in [2.75, 3.05) is 11.5 Å². The van der Waals surface area contributed by atoms with Gasteiger partial charge in [0.25, 0.3) is 0 Å². The van der Waals surface area contributed by atoms with Crippen molar-refractivity contribution >= 4 is 11.4 Å². The monoisotopic (exact) mass is 426 g/mol. The highest BCUT2D eigenvalue weighted by molar-refractivity contribution is 5.78. The summed E-state index contributed by atoms with van der Waals surface area (Å²) in [6.45, 7) is 8.42. The molecular weight excluding hydrogens is 396 g/mol. The van der Waals surface area contributed by atoms with Gasteiger partial charge < -0.3 is 11.5 Å². The van der Waals surface area contributed by atoms with Crippen LogP contribution < -0.4 is 34.4 Å². The van der Waals surface area contributed by atoms with Gasteiger partial charge in [0, 0.05) is 11.4 Å². The van der Waals surface area contributed by atoms with E-state index in [0.29, 0.717) is 0 Å². The first-order chi connectivity index (χ1) is 13.8. The lowest BCUT2D eigenvalue weighted by Gasteiger charge is -2.24. The van der Waals surface area contributed by atoms with Gasteiger partial charge >= 0.3 is 12.1 Å². The molecule has 0 aliphatic rings. The lowest BCUT2D eigenvalue weighted by atomic mass is 9.88. The smallest absolute Gasteiger partial charge is 0.343 e. The van der Waals surface area contributed by atoms with E-state index in [1.54, 1.807) is 0 Å². The van der Waals surface area contributed by atoms with Gasteiger partial charge in [0.1, 0.15) is 0 Å². The third-order valence-electron chi connectivity index (χ3n) is 4.47. The Bertz CT molecular complexity index is 812. The van der Waals surface area contributed by atoms with Gasteiger partial charge in [-0.2, -0.15) is 19.6 Å². The SMILES string of the molecule is Cc1c(C)c(-c2ccc(N)cc2)c(C)c(C)c1N.NC(N)(OO)OOC(N)(N)OO. The Morgan fingerprint density at radius 2 is 1.03 bits per heavy atom. The molecule has 0 saturated heterocycles. The maximum Gasteiger partial charge on any atom is 0.343 e. The summed E-state index contributed by atoms with van der Waals surface area (Å²) >= 11 is 0. The predicted molar refractivity (Wildman–Crippen MR) is 111 cm³/mol. The largest absolute Gasteiger partial charge is 0.399 e. The van der Waals surface area contributed by atoms with Crippen molar-refractivity contribution in [1.29, 1.82) is 0 Å². The van der Waals surface area contributed by atoms with E-state index in [4.69, 9.17) is 44.9 Å². The second kappa shape index (κ2) is 10.1. The molecule has 2 aromatic rings. The van der Waals surface area contributed by atoms with E-state index in [0.717, 1.165) is 11.4 Å². The quantitative estimate of drug-likeness (QED) is 0.138. The number of anilines is 2. The fourth-order valence-electron chi connectivity index (χ4n) is 2.58. The molecule has 2 rings (SSSR count). The van der Waals surface area contributed by atoms with Crippen LogP contribution in [0, 0.1) is 27.7 Å². The summed E-state index contributed by atoms with van der Waals surface area (Å²) in [5.74, 6) is 0. The Morgan fingerprint density at radius 3 is 1.37 bits per heavy atom. The highest BCUT2D eigenvalue weighted by Crippen LogP contribution is 2.35. The van der Waals surface area contributed by atoms with Crippen LogP contribution in [-0.2, 0) is 19.6 Å². The summed E-state index contributed by atoms with van der Waals surface area (Å²) in [5.41, 5.74) is 40.0. The van der Waals surface area contributed by atoms with E-state index < -0.39 is 12.1 Å². The zero-order valence-electron chi connectivity index (χ0n) is 17.3. The minimum Gasteiger partial charge on any atom is -0.399 e. The fourth-order valence-corrected chi connectivity index (χ4v) is 2.58. The van der Waals surface area contributed by atoms with Crippen molar-refractivity contribution in [2.45, 2.75) is 39.8 Å². The Morgan fingerprint density at radius 1 is 0.667 bits per heavy atom. The molecule has 0 fully saturated rings. The number of hydrogen-bond donors (Lipinski definition) is 8. The highest BCUT2D eigenvalue weighted by Gasteiger charge is 2.30. The first-order valence-corrected chi connectivity index (χ1v) is 8.65. The summed E-state index contributed by atoms with van der Waals surface area (Å²) < 4.78 is 0. The van der Waals surface area contributed by atoms with Crippen molar-refractivity contribution in [2.24, 2.45) is 22.9 Å². The van der Waals surface area contributed by atoms with Gasteiger partial charge in [0.05, 0.1) is 0 Å². The number of nitrogen functional groups attached to an aromatic ring is 2. The number of hydrogen-bond acceptors (Lipinski definition) is 12. The molecule has 0 aliphatic heterocycles. The third kappa shape index (κ3) is 6.58. The van der Waals surface area contributed by atoms with Crippen molar-refractivity contribution in [3.8, 4) is 11.1 Å². The van der Waals surface area contributed by atoms with E-state index in [2.05, 4.69) is 59.4 Å². The van der Waals surface area contributed by atoms with Gasteiger partial charge in [-0.15, -0.1) is 0 Å². The van der Waals surface area contributed by atoms with Gasteiger partial charge in [-0.05, 0) is 73.2 Å². The molecule has 0 saturated carbocycles. The van der Waals surface area contributed by atoms with Crippen LogP contribution in [0.25, 0.3) is 11.1 Å². The predicted octanol–water partition coefficient (Wildman–Crippen LogP) is 0.723. The molecule has 2 aromatic carbocycles. The standard InChI is InChI=1S/C16H20N2.C2H10N4O6/c1-9-11(3)16(18)12(4)10(2)15(9)13-5-7-14(17)8-6-13;3-1(4,9-7)11-12-2(5,6)10-8/h5-8H,17-18H2,1-4H3;7-8H,3-6H2. The normalized spacial score (nSPS) is 11.8. The topological polar surface area (TPSA) is 233 Å². The summed E-state index contributed by atoms with van der Waals surface area (Å²) in [5, 5.41) is 15.8. The second-order valence-corrected chi connectivity index (χ2v) is 6.70. The lowest BCUT2D eigenvalue weighted by molar-refractivity contribution is -0.569. The average Bonchev–Trinajstić information content (AvgIpc) is 2.71. The van der Waals surface area contributed by atoms with Gasteiger partial charge in [-0.3, -0.25) is 22.9 Å². The second-order valence-electron chi connectivity index (χ2n) is 6.70. The van der Waals surface area contributed by atoms with E-state index in [-0.39, 0.29) is 0 Å². The van der Waals surface area contributed by atoms with Crippen LogP contribution in [0.3, 0.4) is 0 Å². The molecule has 0 heterocycles. The third-order valence-corrected chi connectivity index (χ3v) is 4.47. The van der Waals surface area contributed by atoms with Crippen LogP contribution in [0.15, 0.2) is 24.3 Å². The Hall–Kier alpha value is -2.36. The zero-order valence-corrected chi connectivity index (χ0v) is 17.3. The molecule has 0 atom stereocenters. The number of benzene rings is 2. The van der Waals surface area contributed by atoms with Crippen LogP contribution in [-0.4, -0.2) is 22.6 Å². The summed E-state index contributed by atoms with van der Waals surface area (Å²) in [7, 11) is 0. The van der Waals surface area contributed by atoms with Crippen molar-refractivity contribution in [1.82, 2.24) is 0 Å². The lowest BCUT2D eigenvalue weighted by Crippen LogP contribution is -2.60. The van der Waals surface area contributed by atoms with Crippen LogP contribution in [0.4, 0.5) is 11.4 Å². The Balaban J connectivity index is 0.000000329. The maximum absolute atomic E-state index is 7.92. The van der Waals surface area contributed by atoms with Gasteiger partial charge in [-0.25, -0.2) is 10.5 Å². The van der Waals surface area contributed by atoms with Crippen molar-refractivity contribution in [3.05, 3.63) is 46.5 Å². The molecule has 0 aliphatic carbocycles. The molecule has 30 heavy (non-hydrogen) atoms. The molecular formula is C18H30N6O6. The van der Waals surface area contributed by atoms with E-state index in [1.807, 2.05) is 12.1 Å². The molecule has 14 N–H and O–H groups in total. The maximum atomic E-state index is 7.92.